The van der Waals surface area contributed by atoms with Gasteiger partial charge < -0.3 is 5.32 Å². The van der Waals surface area contributed by atoms with Crippen LogP contribution in [-0.4, -0.2) is 30.0 Å². The number of aryl methyl sites for hydroxylation is 1. The molecule has 14 heteroatoms. The number of carbonyl (C=O) groups excluding carboxylic acids is 1. The van der Waals surface area contributed by atoms with Crippen molar-refractivity contribution >= 4 is 33.4 Å². The number of hydrogen-bond acceptors (Lipinski definition) is 7. The van der Waals surface area contributed by atoms with E-state index in [4.69, 9.17) is 0 Å². The maximum Gasteiger partial charge on any atom is 0.419 e. The summed E-state index contributed by atoms with van der Waals surface area (Å²) in [6.45, 7) is 0. The number of amides is 1. The summed E-state index contributed by atoms with van der Waals surface area (Å²) >= 11 is 0.981. The van der Waals surface area contributed by atoms with E-state index in [1.165, 1.54) is 19.5 Å². The van der Waals surface area contributed by atoms with E-state index in [-0.39, 0.29) is 39.5 Å². The van der Waals surface area contributed by atoms with Crippen LogP contribution in [0.5, 0.6) is 0 Å². The van der Waals surface area contributed by atoms with Gasteiger partial charge in [0.2, 0.25) is 5.91 Å². The number of rotatable bonds is 4. The molecule has 176 valence electrons. The molecule has 0 spiro atoms. The lowest BCUT2D eigenvalue weighted by Crippen LogP contribution is -2.38. The Morgan fingerprint density at radius 1 is 1.15 bits per heavy atom. The second-order valence-corrected chi connectivity index (χ2v) is 8.04. The quantitative estimate of drug-likeness (QED) is 0.437. The Morgan fingerprint density at radius 2 is 1.88 bits per heavy atom. The van der Waals surface area contributed by atoms with Crippen LogP contribution in [0.2, 0.25) is 0 Å². The lowest BCUT2D eigenvalue weighted by molar-refractivity contribution is -0.140. The number of thiazole rings is 1. The van der Waals surface area contributed by atoms with E-state index in [1.54, 1.807) is 0 Å². The van der Waals surface area contributed by atoms with Crippen molar-refractivity contribution < 1.29 is 22.4 Å². The molecular formula is C20H14F4N6O3S. The molecule has 0 bridgehead atoms. The maximum atomic E-state index is 13.9. The number of carbonyl (C=O) groups is 1. The number of fused-ring (bicyclic) bond motifs is 1. The molecule has 3 heterocycles. The molecule has 0 aliphatic carbocycles. The number of nitrogens with one attached hydrogen (secondary N) is 1. The lowest BCUT2D eigenvalue weighted by Gasteiger charge is -2.09. The summed E-state index contributed by atoms with van der Waals surface area (Å²) in [5.74, 6) is -2.02. The number of aromatic nitrogens is 5. The molecule has 0 unspecified atom stereocenters. The third-order valence-electron chi connectivity index (χ3n) is 4.96. The molecule has 1 amide bonds. The summed E-state index contributed by atoms with van der Waals surface area (Å²) in [6, 6.07) is 2.42. The average molecular weight is 494 g/mol. The van der Waals surface area contributed by atoms with Gasteiger partial charge in [-0.1, -0.05) is 6.07 Å². The van der Waals surface area contributed by atoms with Gasteiger partial charge in [-0.05, 0) is 12.1 Å². The predicted octanol–water partition coefficient (Wildman–Crippen LogP) is 2.49. The van der Waals surface area contributed by atoms with Gasteiger partial charge in [0.05, 0.1) is 23.4 Å². The molecule has 0 radical (unpaired) electrons. The molecule has 0 saturated heterocycles. The molecule has 4 aromatic rings. The summed E-state index contributed by atoms with van der Waals surface area (Å²) in [5, 5.41) is 4.09. The zero-order chi connectivity index (χ0) is 24.8. The van der Waals surface area contributed by atoms with E-state index < -0.39 is 34.7 Å². The third kappa shape index (κ3) is 4.19. The van der Waals surface area contributed by atoms with Gasteiger partial charge >= 0.3 is 11.9 Å². The highest BCUT2D eigenvalue weighted by atomic mass is 32.1. The fraction of sp³-hybridized carbons (Fsp3) is 0.200. The van der Waals surface area contributed by atoms with Gasteiger partial charge in [0.1, 0.15) is 17.5 Å². The van der Waals surface area contributed by atoms with Gasteiger partial charge in [-0.3, -0.25) is 18.7 Å². The van der Waals surface area contributed by atoms with Crippen molar-refractivity contribution in [2.75, 3.05) is 5.32 Å². The summed E-state index contributed by atoms with van der Waals surface area (Å²) in [5.41, 5.74) is -2.17. The zero-order valence-electron chi connectivity index (χ0n) is 17.5. The number of halogens is 4. The van der Waals surface area contributed by atoms with Crippen LogP contribution in [0.4, 0.5) is 22.7 Å². The van der Waals surface area contributed by atoms with Crippen molar-refractivity contribution in [2.45, 2.75) is 12.6 Å². The Kier molecular flexibility index (Phi) is 5.77. The second-order valence-electron chi connectivity index (χ2n) is 7.18. The van der Waals surface area contributed by atoms with Gasteiger partial charge in [-0.15, -0.1) is 11.3 Å². The fourth-order valence-electron chi connectivity index (χ4n) is 3.27. The Morgan fingerprint density at radius 3 is 2.56 bits per heavy atom. The molecule has 4 rings (SSSR count). The van der Waals surface area contributed by atoms with Crippen LogP contribution in [0, 0.1) is 5.82 Å². The first-order valence-corrected chi connectivity index (χ1v) is 10.4. The monoisotopic (exact) mass is 494 g/mol. The first-order valence-electron chi connectivity index (χ1n) is 9.49. The van der Waals surface area contributed by atoms with Gasteiger partial charge in [-0.2, -0.15) is 13.2 Å². The Bertz CT molecular complexity index is 1560. The molecular weight excluding hydrogens is 480 g/mol. The van der Waals surface area contributed by atoms with Gasteiger partial charge in [0.15, 0.2) is 10.8 Å². The van der Waals surface area contributed by atoms with Crippen LogP contribution in [0.15, 0.2) is 39.5 Å². The zero-order valence-corrected chi connectivity index (χ0v) is 18.3. The molecule has 0 aliphatic rings. The fourth-order valence-corrected chi connectivity index (χ4v) is 4.01. The average Bonchev–Trinajstić information content (AvgIpc) is 3.23. The van der Waals surface area contributed by atoms with Crippen LogP contribution in [0.25, 0.3) is 22.3 Å². The van der Waals surface area contributed by atoms with Crippen molar-refractivity contribution in [1.29, 1.82) is 0 Å². The first kappa shape index (κ1) is 23.2. The number of anilines is 1. The molecule has 3 aromatic heterocycles. The Balaban J connectivity index is 1.57. The van der Waals surface area contributed by atoms with Crippen LogP contribution < -0.4 is 16.6 Å². The van der Waals surface area contributed by atoms with Gasteiger partial charge in [0.25, 0.3) is 5.56 Å². The molecule has 34 heavy (non-hydrogen) atoms. The van der Waals surface area contributed by atoms with E-state index in [2.05, 4.69) is 20.3 Å². The van der Waals surface area contributed by atoms with E-state index in [9.17, 15) is 31.9 Å². The summed E-state index contributed by atoms with van der Waals surface area (Å²) < 4.78 is 54.1. The molecule has 1 aromatic carbocycles. The third-order valence-corrected chi connectivity index (χ3v) is 5.72. The highest BCUT2D eigenvalue weighted by Gasteiger charge is 2.34. The van der Waals surface area contributed by atoms with E-state index >= 15 is 0 Å². The Labute approximate surface area is 191 Å². The number of hydrogen-bond donors (Lipinski definition) is 1. The second kappa shape index (κ2) is 8.44. The molecule has 1 N–H and O–H groups in total. The largest absolute Gasteiger partial charge is 0.419 e. The molecule has 0 fully saturated rings. The highest BCUT2D eigenvalue weighted by molar-refractivity contribution is 7.14. The van der Waals surface area contributed by atoms with E-state index in [0.29, 0.717) is 6.07 Å². The topological polar surface area (TPSA) is 112 Å². The molecule has 0 atom stereocenters. The minimum atomic E-state index is -4.82. The van der Waals surface area contributed by atoms with E-state index in [1.807, 2.05) is 0 Å². The number of alkyl halides is 3. The first-order chi connectivity index (χ1) is 16.0. The van der Waals surface area contributed by atoms with Crippen LogP contribution >= 0.6 is 11.3 Å². The summed E-state index contributed by atoms with van der Waals surface area (Å²) in [6.07, 6.45) is -4.02. The molecule has 0 aliphatic heterocycles. The normalized spacial score (nSPS) is 11.7. The smallest absolute Gasteiger partial charge is 0.302 e. The predicted molar refractivity (Wildman–Crippen MR) is 115 cm³/mol. The number of nitrogens with zero attached hydrogens (tertiary/aromatic N) is 5. The van der Waals surface area contributed by atoms with Crippen LogP contribution in [0.1, 0.15) is 11.3 Å². The maximum absolute atomic E-state index is 13.9. The van der Waals surface area contributed by atoms with Gasteiger partial charge in [-0.25, -0.2) is 24.1 Å². The van der Waals surface area contributed by atoms with Crippen molar-refractivity contribution in [3.63, 3.8) is 0 Å². The van der Waals surface area contributed by atoms with E-state index in [0.717, 1.165) is 38.9 Å². The SMILES string of the molecule is Cn1c(=O)c2c(CC(=O)Nc3nc(-c4ccc(C(F)(F)F)c(F)c4)cs3)ncnc2n(C)c1=O. The lowest BCUT2D eigenvalue weighted by atomic mass is 10.1. The summed E-state index contributed by atoms with van der Waals surface area (Å²) in [7, 11) is 2.73. The Hall–Kier alpha value is -3.94. The minimum Gasteiger partial charge on any atom is -0.302 e. The highest BCUT2D eigenvalue weighted by Crippen LogP contribution is 2.34. The van der Waals surface area contributed by atoms with Crippen LogP contribution in [-0.2, 0) is 31.5 Å². The van der Waals surface area contributed by atoms with Crippen LogP contribution in [0.3, 0.4) is 0 Å². The molecule has 9 nitrogen and oxygen atoms in total. The number of benzene rings is 1. The van der Waals surface area contributed by atoms with Gasteiger partial charge in [0, 0.05) is 25.0 Å². The van der Waals surface area contributed by atoms with Crippen molar-refractivity contribution in [2.24, 2.45) is 14.1 Å². The standard InChI is InChI=1S/C20H14F4N6O3S/c1-29-16-15(17(32)30(2)19(29)33)12(25-8-26-16)6-14(31)28-18-27-13(7-34-18)9-3-4-10(11(21)5-9)20(22,23)24/h3-5,7-8H,6H2,1-2H3,(H,27,28,31). The van der Waals surface area contributed by atoms with Crippen molar-refractivity contribution in [3.05, 3.63) is 67.8 Å². The van der Waals surface area contributed by atoms with Crippen molar-refractivity contribution in [3.8, 4) is 11.3 Å². The molecule has 0 saturated carbocycles. The summed E-state index contributed by atoms with van der Waals surface area (Å²) in [4.78, 5) is 49.3. The van der Waals surface area contributed by atoms with Crippen molar-refractivity contribution in [1.82, 2.24) is 24.1 Å². The minimum absolute atomic E-state index is 0.0160.